The number of rotatable bonds is 4. The van der Waals surface area contributed by atoms with Crippen molar-refractivity contribution in [3.8, 4) is 0 Å². The van der Waals surface area contributed by atoms with E-state index in [1.54, 1.807) is 6.08 Å². The first-order chi connectivity index (χ1) is 11.5. The molecule has 4 nitrogen and oxygen atoms in total. The summed E-state index contributed by atoms with van der Waals surface area (Å²) in [4.78, 5) is 26.0. The van der Waals surface area contributed by atoms with Crippen LogP contribution in [0, 0.1) is 18.8 Å². The van der Waals surface area contributed by atoms with Crippen LogP contribution in [0.2, 0.25) is 0 Å². The van der Waals surface area contributed by atoms with Crippen LogP contribution in [0.15, 0.2) is 29.8 Å². The quantitative estimate of drug-likeness (QED) is 0.861. The summed E-state index contributed by atoms with van der Waals surface area (Å²) in [5.41, 5.74) is 2.11. The average molecular weight is 327 g/mol. The topological polar surface area (TPSA) is 57.6 Å². The molecule has 2 fully saturated rings. The predicted molar refractivity (Wildman–Crippen MR) is 93.4 cm³/mol. The molecule has 1 heterocycles. The molecule has 4 heteroatoms. The van der Waals surface area contributed by atoms with Gasteiger partial charge in [-0.15, -0.1) is 0 Å². The third-order valence-electron chi connectivity index (χ3n) is 5.36. The van der Waals surface area contributed by atoms with E-state index < -0.39 is 5.97 Å². The van der Waals surface area contributed by atoms with Crippen molar-refractivity contribution in [1.82, 2.24) is 4.90 Å². The fourth-order valence-corrected chi connectivity index (χ4v) is 3.94. The number of benzene rings is 1. The minimum Gasteiger partial charge on any atom is -0.478 e. The fraction of sp³-hybridized carbons (Fsp3) is 0.500. The number of hydrogen-bond acceptors (Lipinski definition) is 2. The zero-order valence-electron chi connectivity index (χ0n) is 14.2. The summed E-state index contributed by atoms with van der Waals surface area (Å²) in [6.45, 7) is 3.60. The van der Waals surface area contributed by atoms with Crippen molar-refractivity contribution in [2.24, 2.45) is 11.8 Å². The summed E-state index contributed by atoms with van der Waals surface area (Å²) in [6.07, 6.45) is 6.53. The van der Waals surface area contributed by atoms with E-state index in [9.17, 15) is 14.7 Å². The molecule has 1 aromatic rings. The zero-order chi connectivity index (χ0) is 17.1. The maximum absolute atomic E-state index is 12.6. The zero-order valence-corrected chi connectivity index (χ0v) is 14.2. The maximum Gasteiger partial charge on any atom is 0.332 e. The third kappa shape index (κ3) is 3.86. The van der Waals surface area contributed by atoms with Crippen LogP contribution in [0.1, 0.15) is 43.2 Å². The van der Waals surface area contributed by atoms with Crippen LogP contribution in [-0.2, 0) is 9.59 Å². The summed E-state index contributed by atoms with van der Waals surface area (Å²) in [5, 5.41) is 9.45. The Bertz CT molecular complexity index is 633. The first-order valence-electron chi connectivity index (χ1n) is 8.81. The largest absolute Gasteiger partial charge is 0.478 e. The monoisotopic (exact) mass is 327 g/mol. The van der Waals surface area contributed by atoms with Gasteiger partial charge in [-0.3, -0.25) is 4.79 Å². The highest BCUT2D eigenvalue weighted by atomic mass is 16.4. The first-order valence-corrected chi connectivity index (χ1v) is 8.81. The van der Waals surface area contributed by atoms with Gasteiger partial charge in [0.15, 0.2) is 0 Å². The van der Waals surface area contributed by atoms with E-state index in [1.807, 2.05) is 36.1 Å². The lowest BCUT2D eigenvalue weighted by molar-refractivity contribution is -0.136. The molecule has 2 aliphatic rings. The van der Waals surface area contributed by atoms with Gasteiger partial charge in [-0.1, -0.05) is 42.7 Å². The van der Waals surface area contributed by atoms with Crippen LogP contribution >= 0.6 is 0 Å². The van der Waals surface area contributed by atoms with Crippen LogP contribution in [0.5, 0.6) is 0 Å². The Hall–Kier alpha value is -2.10. The number of nitrogens with zero attached hydrogens (tertiary/aromatic N) is 1. The average Bonchev–Trinajstić information content (AvgIpc) is 3.00. The van der Waals surface area contributed by atoms with Crippen molar-refractivity contribution >= 4 is 18.0 Å². The van der Waals surface area contributed by atoms with Crippen molar-refractivity contribution in [2.45, 2.75) is 39.0 Å². The van der Waals surface area contributed by atoms with Gasteiger partial charge >= 0.3 is 5.97 Å². The minimum atomic E-state index is -1.01. The van der Waals surface area contributed by atoms with Gasteiger partial charge in [0.1, 0.15) is 0 Å². The second-order valence-electron chi connectivity index (χ2n) is 7.17. The number of aliphatic carboxylic acids is 1. The Balaban J connectivity index is 1.68. The summed E-state index contributed by atoms with van der Waals surface area (Å²) in [7, 11) is 0. The molecule has 1 amide bonds. The number of hydrogen-bond donors (Lipinski definition) is 1. The SMILES string of the molecule is Cc1ccc(/C=C(\CC(=O)N2CC3CCCCC3C2)C(=O)O)cc1. The number of likely N-dealkylation sites (tertiary alicyclic amines) is 1. The lowest BCUT2D eigenvalue weighted by Crippen LogP contribution is -2.29. The molecule has 2 unspecified atom stereocenters. The molecular formula is C20H25NO3. The lowest BCUT2D eigenvalue weighted by Gasteiger charge is -2.22. The highest BCUT2D eigenvalue weighted by molar-refractivity contribution is 5.98. The van der Waals surface area contributed by atoms with E-state index >= 15 is 0 Å². The van der Waals surface area contributed by atoms with E-state index in [0.717, 1.165) is 24.2 Å². The van der Waals surface area contributed by atoms with Gasteiger partial charge in [-0.2, -0.15) is 0 Å². The Morgan fingerprint density at radius 3 is 2.25 bits per heavy atom. The molecule has 24 heavy (non-hydrogen) atoms. The van der Waals surface area contributed by atoms with Gasteiger partial charge < -0.3 is 10.0 Å². The molecule has 0 radical (unpaired) electrons. The molecule has 1 saturated heterocycles. The van der Waals surface area contributed by atoms with E-state index in [1.165, 1.54) is 25.7 Å². The Morgan fingerprint density at radius 1 is 1.12 bits per heavy atom. The molecule has 1 aromatic carbocycles. The molecule has 0 bridgehead atoms. The third-order valence-corrected chi connectivity index (χ3v) is 5.36. The Morgan fingerprint density at radius 2 is 1.71 bits per heavy atom. The number of amides is 1. The van der Waals surface area contributed by atoms with Crippen molar-refractivity contribution in [1.29, 1.82) is 0 Å². The van der Waals surface area contributed by atoms with Crippen LogP contribution in [0.4, 0.5) is 0 Å². The van der Waals surface area contributed by atoms with Crippen molar-refractivity contribution in [2.75, 3.05) is 13.1 Å². The van der Waals surface area contributed by atoms with Gasteiger partial charge in [-0.05, 0) is 43.2 Å². The lowest BCUT2D eigenvalue weighted by atomic mass is 9.82. The standard InChI is InChI=1S/C20H25NO3/c1-14-6-8-15(9-7-14)10-18(20(23)24)11-19(22)21-12-16-4-2-3-5-17(16)13-21/h6-10,16-17H,2-5,11-13H2,1H3,(H,23,24)/b18-10+. The minimum absolute atomic E-state index is 0.0251. The molecule has 128 valence electrons. The van der Waals surface area contributed by atoms with Gasteiger partial charge in [0.25, 0.3) is 0 Å². The van der Waals surface area contributed by atoms with Crippen LogP contribution in [-0.4, -0.2) is 35.0 Å². The van der Waals surface area contributed by atoms with E-state index in [4.69, 9.17) is 0 Å². The second kappa shape index (κ2) is 7.20. The molecule has 3 rings (SSSR count). The summed E-state index contributed by atoms with van der Waals surface area (Å²) >= 11 is 0. The molecular weight excluding hydrogens is 302 g/mol. The molecule has 2 atom stereocenters. The van der Waals surface area contributed by atoms with Gasteiger partial charge in [0, 0.05) is 18.7 Å². The Labute approximate surface area is 143 Å². The maximum atomic E-state index is 12.6. The molecule has 1 aliphatic heterocycles. The highest BCUT2D eigenvalue weighted by Crippen LogP contribution is 2.36. The molecule has 0 aromatic heterocycles. The number of fused-ring (bicyclic) bond motifs is 1. The predicted octanol–water partition coefficient (Wildman–Crippen LogP) is 3.50. The van der Waals surface area contributed by atoms with Crippen molar-refractivity contribution in [3.63, 3.8) is 0 Å². The van der Waals surface area contributed by atoms with Crippen LogP contribution < -0.4 is 0 Å². The summed E-state index contributed by atoms with van der Waals surface area (Å²) in [5.74, 6) is 0.180. The van der Waals surface area contributed by atoms with E-state index in [2.05, 4.69) is 0 Å². The molecule has 1 aliphatic carbocycles. The number of carbonyl (C=O) groups is 2. The van der Waals surface area contributed by atoms with Crippen molar-refractivity contribution < 1.29 is 14.7 Å². The number of aryl methyl sites for hydroxylation is 1. The smallest absolute Gasteiger partial charge is 0.332 e. The van der Waals surface area contributed by atoms with Crippen LogP contribution in [0.3, 0.4) is 0 Å². The van der Waals surface area contributed by atoms with Gasteiger partial charge in [-0.25, -0.2) is 4.79 Å². The van der Waals surface area contributed by atoms with Gasteiger partial charge in [0.05, 0.1) is 6.42 Å². The second-order valence-corrected chi connectivity index (χ2v) is 7.17. The number of carbonyl (C=O) groups excluding carboxylic acids is 1. The molecule has 1 saturated carbocycles. The summed E-state index contributed by atoms with van der Waals surface area (Å²) < 4.78 is 0. The number of carboxylic acids is 1. The number of carboxylic acid groups (broad SMARTS) is 1. The normalized spacial score (nSPS) is 23.9. The van der Waals surface area contributed by atoms with Crippen LogP contribution in [0.25, 0.3) is 6.08 Å². The van der Waals surface area contributed by atoms with E-state index in [-0.39, 0.29) is 17.9 Å². The Kier molecular flexibility index (Phi) is 5.03. The summed E-state index contributed by atoms with van der Waals surface area (Å²) in [6, 6.07) is 7.65. The van der Waals surface area contributed by atoms with E-state index in [0.29, 0.717) is 11.8 Å². The molecule has 0 spiro atoms. The van der Waals surface area contributed by atoms with Gasteiger partial charge in [0.2, 0.25) is 5.91 Å². The highest BCUT2D eigenvalue weighted by Gasteiger charge is 2.36. The first kappa shape index (κ1) is 16.7. The molecule has 1 N–H and O–H groups in total. The fourth-order valence-electron chi connectivity index (χ4n) is 3.94. The van der Waals surface area contributed by atoms with Crippen molar-refractivity contribution in [3.05, 3.63) is 41.0 Å².